The zero-order valence-corrected chi connectivity index (χ0v) is 16.8. The van der Waals surface area contributed by atoms with Crippen LogP contribution in [0.2, 0.25) is 0 Å². The summed E-state index contributed by atoms with van der Waals surface area (Å²) in [5.74, 6) is 0.344. The van der Waals surface area contributed by atoms with Gasteiger partial charge in [0.1, 0.15) is 5.75 Å². The molecule has 0 spiro atoms. The lowest BCUT2D eigenvalue weighted by atomic mass is 10.1. The largest absolute Gasteiger partial charge is 0.483 e. The first-order valence-corrected chi connectivity index (χ1v) is 10.5. The van der Waals surface area contributed by atoms with Crippen molar-refractivity contribution in [3.05, 3.63) is 53.6 Å². The van der Waals surface area contributed by atoms with E-state index >= 15 is 0 Å². The van der Waals surface area contributed by atoms with Gasteiger partial charge in [-0.15, -0.1) is 0 Å². The van der Waals surface area contributed by atoms with Crippen LogP contribution in [0.15, 0.2) is 47.4 Å². The van der Waals surface area contributed by atoms with E-state index in [1.807, 2.05) is 32.0 Å². The number of hydrogen-bond donors (Lipinski definition) is 1. The molecule has 8 heteroatoms. The summed E-state index contributed by atoms with van der Waals surface area (Å²) in [4.78, 5) is 12.3. The first-order valence-electron chi connectivity index (χ1n) is 9.04. The Morgan fingerprint density at radius 3 is 2.43 bits per heavy atom. The molecule has 150 valence electrons. The van der Waals surface area contributed by atoms with Crippen molar-refractivity contribution < 1.29 is 22.7 Å². The number of morpholine rings is 1. The number of nitrogens with zero attached hydrogens (tertiary/aromatic N) is 1. The Bertz CT molecular complexity index is 936. The molecule has 1 aliphatic rings. The van der Waals surface area contributed by atoms with E-state index in [9.17, 15) is 13.2 Å². The summed E-state index contributed by atoms with van der Waals surface area (Å²) < 4.78 is 37.4. The second-order valence-electron chi connectivity index (χ2n) is 6.65. The quantitative estimate of drug-likeness (QED) is 0.799. The standard InChI is InChI=1S/C20H24N2O5S/c1-15-3-8-19(16(2)13-15)27-14-20(23)21-17-4-6-18(7-5-17)28(24,25)22-9-11-26-12-10-22/h3-8,13H,9-12,14H2,1-2H3,(H,21,23). The number of carbonyl (C=O) groups excluding carboxylic acids is 1. The smallest absolute Gasteiger partial charge is 0.262 e. The first-order chi connectivity index (χ1) is 13.4. The third kappa shape index (κ3) is 4.89. The minimum Gasteiger partial charge on any atom is -0.483 e. The lowest BCUT2D eigenvalue weighted by Crippen LogP contribution is -2.40. The number of aryl methyl sites for hydroxylation is 2. The number of hydrogen-bond acceptors (Lipinski definition) is 5. The molecule has 3 rings (SSSR count). The van der Waals surface area contributed by atoms with Crippen molar-refractivity contribution in [2.24, 2.45) is 0 Å². The van der Waals surface area contributed by atoms with Crippen molar-refractivity contribution in [3.63, 3.8) is 0 Å². The van der Waals surface area contributed by atoms with Crippen LogP contribution in [0, 0.1) is 13.8 Å². The normalized spacial score (nSPS) is 15.2. The molecular weight excluding hydrogens is 380 g/mol. The molecule has 1 heterocycles. The Kier molecular flexibility index (Phi) is 6.33. The first kappa shape index (κ1) is 20.3. The molecule has 0 unspecified atom stereocenters. The number of amides is 1. The molecule has 0 aliphatic carbocycles. The molecule has 0 radical (unpaired) electrons. The van der Waals surface area contributed by atoms with Crippen LogP contribution >= 0.6 is 0 Å². The molecule has 1 N–H and O–H groups in total. The third-order valence-electron chi connectivity index (χ3n) is 4.44. The van der Waals surface area contributed by atoms with Crippen LogP contribution in [0.4, 0.5) is 5.69 Å². The van der Waals surface area contributed by atoms with E-state index in [1.54, 1.807) is 12.1 Å². The molecule has 2 aromatic rings. The van der Waals surface area contributed by atoms with Gasteiger partial charge in [-0.2, -0.15) is 4.31 Å². The predicted octanol–water partition coefficient (Wildman–Crippen LogP) is 2.34. The molecule has 28 heavy (non-hydrogen) atoms. The molecule has 0 bridgehead atoms. The minimum absolute atomic E-state index is 0.127. The Labute approximate surface area is 165 Å². The van der Waals surface area contributed by atoms with Crippen molar-refractivity contribution in [2.75, 3.05) is 38.2 Å². The lowest BCUT2D eigenvalue weighted by molar-refractivity contribution is -0.118. The fourth-order valence-electron chi connectivity index (χ4n) is 2.95. The molecule has 0 aromatic heterocycles. The molecule has 2 aromatic carbocycles. The fraction of sp³-hybridized carbons (Fsp3) is 0.350. The summed E-state index contributed by atoms with van der Waals surface area (Å²) in [5, 5.41) is 2.71. The van der Waals surface area contributed by atoms with Gasteiger partial charge in [0.2, 0.25) is 10.0 Å². The van der Waals surface area contributed by atoms with Crippen molar-refractivity contribution in [1.29, 1.82) is 0 Å². The van der Waals surface area contributed by atoms with E-state index in [0.717, 1.165) is 11.1 Å². The van der Waals surface area contributed by atoms with Gasteiger partial charge in [0.15, 0.2) is 6.61 Å². The van der Waals surface area contributed by atoms with E-state index in [-0.39, 0.29) is 17.4 Å². The van der Waals surface area contributed by atoms with Crippen LogP contribution in [-0.2, 0) is 19.6 Å². The van der Waals surface area contributed by atoms with Crippen molar-refractivity contribution in [1.82, 2.24) is 4.31 Å². The Morgan fingerprint density at radius 2 is 1.79 bits per heavy atom. The van der Waals surface area contributed by atoms with Crippen LogP contribution in [0.3, 0.4) is 0 Å². The van der Waals surface area contributed by atoms with Crippen LogP contribution in [0.25, 0.3) is 0 Å². The highest BCUT2D eigenvalue weighted by atomic mass is 32.2. The highest BCUT2D eigenvalue weighted by molar-refractivity contribution is 7.89. The van der Waals surface area contributed by atoms with Crippen molar-refractivity contribution in [3.8, 4) is 5.75 Å². The van der Waals surface area contributed by atoms with Crippen LogP contribution < -0.4 is 10.1 Å². The molecule has 7 nitrogen and oxygen atoms in total. The Morgan fingerprint density at radius 1 is 1.11 bits per heavy atom. The second kappa shape index (κ2) is 8.72. The van der Waals surface area contributed by atoms with E-state index < -0.39 is 10.0 Å². The average molecular weight is 404 g/mol. The topological polar surface area (TPSA) is 84.9 Å². The zero-order chi connectivity index (χ0) is 20.1. The summed E-state index contributed by atoms with van der Waals surface area (Å²) in [6, 6.07) is 11.9. The molecule has 1 fully saturated rings. The van der Waals surface area contributed by atoms with Gasteiger partial charge >= 0.3 is 0 Å². The molecule has 1 saturated heterocycles. The highest BCUT2D eigenvalue weighted by Crippen LogP contribution is 2.20. The maximum absolute atomic E-state index is 12.6. The number of benzene rings is 2. The van der Waals surface area contributed by atoms with Gasteiger partial charge in [-0.25, -0.2) is 8.42 Å². The molecular formula is C20H24N2O5S. The van der Waals surface area contributed by atoms with Crippen molar-refractivity contribution in [2.45, 2.75) is 18.7 Å². The molecule has 1 amide bonds. The molecule has 0 saturated carbocycles. The van der Waals surface area contributed by atoms with Gasteiger partial charge in [-0.05, 0) is 49.7 Å². The number of anilines is 1. The van der Waals surface area contributed by atoms with Crippen LogP contribution in [-0.4, -0.2) is 51.5 Å². The molecule has 0 atom stereocenters. The van der Waals surface area contributed by atoms with E-state index in [2.05, 4.69) is 5.32 Å². The maximum atomic E-state index is 12.6. The van der Waals surface area contributed by atoms with Gasteiger partial charge in [0.25, 0.3) is 5.91 Å². The highest BCUT2D eigenvalue weighted by Gasteiger charge is 2.26. The van der Waals surface area contributed by atoms with E-state index in [1.165, 1.54) is 16.4 Å². The zero-order valence-electron chi connectivity index (χ0n) is 16.0. The van der Waals surface area contributed by atoms with Gasteiger partial charge < -0.3 is 14.8 Å². The monoisotopic (exact) mass is 404 g/mol. The number of ether oxygens (including phenoxy) is 2. The summed E-state index contributed by atoms with van der Waals surface area (Å²) in [6.07, 6.45) is 0. The average Bonchev–Trinajstić information content (AvgIpc) is 2.68. The van der Waals surface area contributed by atoms with Gasteiger partial charge in [-0.3, -0.25) is 4.79 Å². The van der Waals surface area contributed by atoms with Gasteiger partial charge in [-0.1, -0.05) is 17.7 Å². The van der Waals surface area contributed by atoms with E-state index in [4.69, 9.17) is 9.47 Å². The van der Waals surface area contributed by atoms with Crippen LogP contribution in [0.5, 0.6) is 5.75 Å². The maximum Gasteiger partial charge on any atom is 0.262 e. The van der Waals surface area contributed by atoms with Gasteiger partial charge in [0, 0.05) is 18.8 Å². The van der Waals surface area contributed by atoms with Crippen molar-refractivity contribution >= 4 is 21.6 Å². The number of sulfonamides is 1. The summed E-state index contributed by atoms with van der Waals surface area (Å²) >= 11 is 0. The fourth-order valence-corrected chi connectivity index (χ4v) is 4.36. The Hall–Kier alpha value is -2.42. The molecule has 1 aliphatic heterocycles. The number of rotatable bonds is 6. The van der Waals surface area contributed by atoms with Crippen LogP contribution in [0.1, 0.15) is 11.1 Å². The number of carbonyl (C=O) groups is 1. The summed E-state index contributed by atoms with van der Waals surface area (Å²) in [6.45, 7) is 5.27. The summed E-state index contributed by atoms with van der Waals surface area (Å²) in [7, 11) is -3.55. The number of nitrogens with one attached hydrogen (secondary N) is 1. The minimum atomic E-state index is -3.55. The summed E-state index contributed by atoms with van der Waals surface area (Å²) in [5.41, 5.74) is 2.60. The Balaban J connectivity index is 1.58. The second-order valence-corrected chi connectivity index (χ2v) is 8.58. The van der Waals surface area contributed by atoms with Gasteiger partial charge in [0.05, 0.1) is 18.1 Å². The SMILES string of the molecule is Cc1ccc(OCC(=O)Nc2ccc(S(=O)(=O)N3CCOCC3)cc2)c(C)c1. The van der Waals surface area contributed by atoms with E-state index in [0.29, 0.717) is 37.7 Å². The lowest BCUT2D eigenvalue weighted by Gasteiger charge is -2.26. The predicted molar refractivity (Wildman–Crippen MR) is 106 cm³/mol. The third-order valence-corrected chi connectivity index (χ3v) is 6.35.